The van der Waals surface area contributed by atoms with Crippen LogP contribution in [-0.4, -0.2) is 20.6 Å². The topological polar surface area (TPSA) is 70.2 Å². The largest absolute Gasteiger partial charge is 0.484 e. The first kappa shape index (κ1) is 15.0. The third-order valence-corrected chi connectivity index (χ3v) is 2.97. The van der Waals surface area contributed by atoms with Crippen LogP contribution in [0.4, 0.5) is 5.69 Å². The maximum Gasteiger partial charge on any atom is 0.311 e. The summed E-state index contributed by atoms with van der Waals surface area (Å²) in [4.78, 5) is 15.0. The van der Waals surface area contributed by atoms with Crippen LogP contribution in [-0.2, 0) is 6.42 Å². The van der Waals surface area contributed by atoms with Crippen molar-refractivity contribution < 1.29 is 9.66 Å². The second-order valence-electron chi connectivity index (χ2n) is 5.04. The molecule has 2 aromatic rings. The number of benzene rings is 1. The Morgan fingerprint density at radius 3 is 2.81 bits per heavy atom. The number of aromatic nitrogens is 2. The van der Waals surface area contributed by atoms with Gasteiger partial charge in [-0.25, -0.2) is 4.98 Å². The molecule has 1 aromatic heterocycles. The number of nitrogens with zero attached hydrogens (tertiary/aromatic N) is 3. The van der Waals surface area contributed by atoms with E-state index >= 15 is 0 Å². The monoisotopic (exact) mass is 289 g/mol. The Morgan fingerprint density at radius 1 is 1.43 bits per heavy atom. The van der Waals surface area contributed by atoms with Crippen molar-refractivity contribution in [1.29, 1.82) is 0 Å². The average molecular weight is 289 g/mol. The van der Waals surface area contributed by atoms with Crippen molar-refractivity contribution in [3.8, 4) is 11.4 Å². The van der Waals surface area contributed by atoms with Crippen LogP contribution in [0.2, 0.25) is 0 Å². The lowest BCUT2D eigenvalue weighted by molar-refractivity contribution is -0.386. The van der Waals surface area contributed by atoms with E-state index in [1.54, 1.807) is 18.3 Å². The van der Waals surface area contributed by atoms with E-state index in [4.69, 9.17) is 4.74 Å². The van der Waals surface area contributed by atoms with E-state index in [0.29, 0.717) is 0 Å². The number of ether oxygens (including phenoxy) is 1. The van der Waals surface area contributed by atoms with Gasteiger partial charge in [0.05, 0.1) is 16.7 Å². The normalized spacial score (nSPS) is 10.9. The van der Waals surface area contributed by atoms with Gasteiger partial charge in [-0.05, 0) is 26.3 Å². The maximum atomic E-state index is 11.1. The predicted octanol–water partition coefficient (Wildman–Crippen LogP) is 3.52. The number of nitro benzene ring substituents is 1. The summed E-state index contributed by atoms with van der Waals surface area (Å²) < 4.78 is 7.50. The van der Waals surface area contributed by atoms with Crippen LogP contribution < -0.4 is 4.74 Å². The highest BCUT2D eigenvalue weighted by atomic mass is 16.6. The zero-order valence-corrected chi connectivity index (χ0v) is 12.4. The summed E-state index contributed by atoms with van der Waals surface area (Å²) in [6.45, 7) is 5.77. The number of rotatable bonds is 6. The standard InChI is InChI=1S/C15H19N3O3/c1-4-5-15-16-8-9-17(15)12-6-7-13(18(19)20)14(10-12)21-11(2)3/h6-11H,4-5H2,1-3H3. The molecule has 2 rings (SSSR count). The van der Waals surface area contributed by atoms with Crippen molar-refractivity contribution in [3.63, 3.8) is 0 Å². The van der Waals surface area contributed by atoms with Crippen molar-refractivity contribution >= 4 is 5.69 Å². The van der Waals surface area contributed by atoms with E-state index < -0.39 is 4.92 Å². The van der Waals surface area contributed by atoms with Crippen LogP contribution in [0.15, 0.2) is 30.6 Å². The Morgan fingerprint density at radius 2 is 2.19 bits per heavy atom. The SMILES string of the molecule is CCCc1nccn1-c1ccc([N+](=O)[O-])c(OC(C)C)c1. The summed E-state index contributed by atoms with van der Waals surface area (Å²) in [6.07, 6.45) is 5.29. The second-order valence-corrected chi connectivity index (χ2v) is 5.04. The number of imidazole rings is 1. The molecule has 21 heavy (non-hydrogen) atoms. The zero-order chi connectivity index (χ0) is 15.4. The molecule has 0 radical (unpaired) electrons. The molecule has 0 bridgehead atoms. The minimum atomic E-state index is -0.428. The molecule has 0 saturated carbocycles. The Bertz CT molecular complexity index is 635. The minimum absolute atomic E-state index is 0.0235. The highest BCUT2D eigenvalue weighted by molar-refractivity contribution is 5.53. The van der Waals surface area contributed by atoms with E-state index in [1.807, 2.05) is 24.6 Å². The van der Waals surface area contributed by atoms with Crippen LogP contribution in [0, 0.1) is 10.1 Å². The van der Waals surface area contributed by atoms with Crippen molar-refractivity contribution in [2.45, 2.75) is 39.7 Å². The molecule has 0 aliphatic carbocycles. The fraction of sp³-hybridized carbons (Fsp3) is 0.400. The molecule has 1 heterocycles. The van der Waals surface area contributed by atoms with Gasteiger partial charge in [-0.3, -0.25) is 10.1 Å². The van der Waals surface area contributed by atoms with Gasteiger partial charge in [0.25, 0.3) is 0 Å². The molecule has 0 spiro atoms. The summed E-state index contributed by atoms with van der Waals surface area (Å²) in [5.74, 6) is 1.21. The number of nitro groups is 1. The third kappa shape index (κ3) is 3.39. The van der Waals surface area contributed by atoms with Crippen molar-refractivity contribution in [1.82, 2.24) is 9.55 Å². The Balaban J connectivity index is 2.45. The maximum absolute atomic E-state index is 11.1. The molecule has 6 nitrogen and oxygen atoms in total. The zero-order valence-electron chi connectivity index (χ0n) is 12.4. The quantitative estimate of drug-likeness (QED) is 0.602. The van der Waals surface area contributed by atoms with Crippen LogP contribution in [0.1, 0.15) is 33.0 Å². The van der Waals surface area contributed by atoms with Crippen LogP contribution >= 0.6 is 0 Å². The van der Waals surface area contributed by atoms with E-state index in [2.05, 4.69) is 11.9 Å². The van der Waals surface area contributed by atoms with Crippen LogP contribution in [0.5, 0.6) is 5.75 Å². The molecule has 0 amide bonds. The number of aryl methyl sites for hydroxylation is 1. The number of hydrogen-bond acceptors (Lipinski definition) is 4. The molecule has 0 N–H and O–H groups in total. The van der Waals surface area contributed by atoms with Gasteiger partial charge in [0.15, 0.2) is 5.75 Å². The fourth-order valence-corrected chi connectivity index (χ4v) is 2.13. The van der Waals surface area contributed by atoms with Crippen molar-refractivity contribution in [3.05, 3.63) is 46.5 Å². The van der Waals surface area contributed by atoms with Gasteiger partial charge >= 0.3 is 5.69 Å². The Hall–Kier alpha value is -2.37. The third-order valence-electron chi connectivity index (χ3n) is 2.97. The lowest BCUT2D eigenvalue weighted by Gasteiger charge is -2.13. The fourth-order valence-electron chi connectivity index (χ4n) is 2.13. The van der Waals surface area contributed by atoms with E-state index in [1.165, 1.54) is 6.07 Å². The highest BCUT2D eigenvalue weighted by Gasteiger charge is 2.18. The number of hydrogen-bond donors (Lipinski definition) is 0. The van der Waals surface area contributed by atoms with Crippen LogP contribution in [0.3, 0.4) is 0 Å². The van der Waals surface area contributed by atoms with Gasteiger partial charge in [0.1, 0.15) is 5.82 Å². The molecular weight excluding hydrogens is 270 g/mol. The van der Waals surface area contributed by atoms with Gasteiger partial charge in [0, 0.05) is 30.9 Å². The van der Waals surface area contributed by atoms with Gasteiger partial charge in [-0.15, -0.1) is 0 Å². The van der Waals surface area contributed by atoms with Gasteiger partial charge in [-0.1, -0.05) is 6.92 Å². The van der Waals surface area contributed by atoms with Gasteiger partial charge in [-0.2, -0.15) is 0 Å². The molecule has 0 atom stereocenters. The highest BCUT2D eigenvalue weighted by Crippen LogP contribution is 2.30. The predicted molar refractivity (Wildman–Crippen MR) is 80.0 cm³/mol. The first-order chi connectivity index (χ1) is 10.0. The molecular formula is C15H19N3O3. The van der Waals surface area contributed by atoms with E-state index in [9.17, 15) is 10.1 Å². The molecule has 112 valence electrons. The summed E-state index contributed by atoms with van der Waals surface area (Å²) in [5, 5.41) is 11.1. The molecule has 6 heteroatoms. The van der Waals surface area contributed by atoms with Crippen molar-refractivity contribution in [2.75, 3.05) is 0 Å². The first-order valence-electron chi connectivity index (χ1n) is 7.00. The van der Waals surface area contributed by atoms with Gasteiger partial charge in [0.2, 0.25) is 0 Å². The Labute approximate surface area is 123 Å². The second kappa shape index (κ2) is 6.39. The summed E-state index contributed by atoms with van der Waals surface area (Å²) >= 11 is 0. The molecule has 0 aliphatic heterocycles. The Kier molecular flexibility index (Phi) is 4.57. The summed E-state index contributed by atoms with van der Waals surface area (Å²) in [7, 11) is 0. The molecule has 0 fully saturated rings. The smallest absolute Gasteiger partial charge is 0.311 e. The first-order valence-corrected chi connectivity index (χ1v) is 7.00. The van der Waals surface area contributed by atoms with E-state index in [-0.39, 0.29) is 17.5 Å². The average Bonchev–Trinajstić information content (AvgIpc) is 2.86. The molecule has 1 aromatic carbocycles. The lowest BCUT2D eigenvalue weighted by Crippen LogP contribution is -2.08. The molecule has 0 unspecified atom stereocenters. The van der Waals surface area contributed by atoms with Gasteiger partial charge < -0.3 is 9.30 Å². The lowest BCUT2D eigenvalue weighted by atomic mass is 10.2. The minimum Gasteiger partial charge on any atom is -0.484 e. The molecule has 0 aliphatic rings. The van der Waals surface area contributed by atoms with E-state index in [0.717, 1.165) is 24.4 Å². The van der Waals surface area contributed by atoms with Crippen LogP contribution in [0.25, 0.3) is 5.69 Å². The van der Waals surface area contributed by atoms with Crippen molar-refractivity contribution in [2.24, 2.45) is 0 Å². The molecule has 0 saturated heterocycles. The summed E-state index contributed by atoms with van der Waals surface area (Å²) in [6, 6.07) is 4.88. The summed E-state index contributed by atoms with van der Waals surface area (Å²) in [5.41, 5.74) is 0.793.